The van der Waals surface area contributed by atoms with Crippen molar-refractivity contribution in [1.29, 1.82) is 0 Å². The van der Waals surface area contributed by atoms with Gasteiger partial charge in [0, 0.05) is 18.6 Å². The molecule has 1 aromatic carbocycles. The standard InChI is InChI=1S/C19H29NO2/c1-6-22-18(21)19(16-10-8-7-9-11-16)12-17(19)13-20(14(2)3)15(4)5/h7-11,14-15,17H,6,12-13H2,1-5H3/t17?,19-/m1/s1. The van der Waals surface area contributed by atoms with Gasteiger partial charge in [-0.3, -0.25) is 9.69 Å². The lowest BCUT2D eigenvalue weighted by atomic mass is 9.93. The fourth-order valence-corrected chi connectivity index (χ4v) is 3.54. The van der Waals surface area contributed by atoms with Crippen LogP contribution in [0.5, 0.6) is 0 Å². The van der Waals surface area contributed by atoms with E-state index in [1.807, 2.05) is 25.1 Å². The van der Waals surface area contributed by atoms with Crippen LogP contribution in [0, 0.1) is 5.92 Å². The van der Waals surface area contributed by atoms with E-state index in [1.54, 1.807) is 0 Å². The largest absolute Gasteiger partial charge is 0.465 e. The van der Waals surface area contributed by atoms with E-state index in [1.165, 1.54) is 0 Å². The van der Waals surface area contributed by atoms with E-state index >= 15 is 0 Å². The molecule has 1 aliphatic rings. The predicted octanol–water partition coefficient (Wildman–Crippen LogP) is 3.63. The molecule has 3 nitrogen and oxygen atoms in total. The van der Waals surface area contributed by atoms with Crippen molar-refractivity contribution in [3.63, 3.8) is 0 Å². The van der Waals surface area contributed by atoms with E-state index in [2.05, 4.69) is 44.7 Å². The fraction of sp³-hybridized carbons (Fsp3) is 0.632. The van der Waals surface area contributed by atoms with Gasteiger partial charge in [-0.15, -0.1) is 0 Å². The summed E-state index contributed by atoms with van der Waals surface area (Å²) in [5.74, 6) is 0.289. The fourth-order valence-electron chi connectivity index (χ4n) is 3.54. The van der Waals surface area contributed by atoms with E-state index in [0.717, 1.165) is 18.5 Å². The molecule has 22 heavy (non-hydrogen) atoms. The van der Waals surface area contributed by atoms with E-state index in [9.17, 15) is 4.79 Å². The maximum absolute atomic E-state index is 12.6. The highest BCUT2D eigenvalue weighted by Crippen LogP contribution is 2.55. The first-order valence-corrected chi connectivity index (χ1v) is 8.42. The quantitative estimate of drug-likeness (QED) is 0.720. The molecule has 0 N–H and O–H groups in total. The summed E-state index contributed by atoms with van der Waals surface area (Å²) >= 11 is 0. The second kappa shape index (κ2) is 6.82. The van der Waals surface area contributed by atoms with Crippen molar-refractivity contribution in [3.05, 3.63) is 35.9 Å². The average Bonchev–Trinajstić information content (AvgIpc) is 3.21. The highest BCUT2D eigenvalue weighted by atomic mass is 16.5. The summed E-state index contributed by atoms with van der Waals surface area (Å²) in [6, 6.07) is 11.1. The van der Waals surface area contributed by atoms with Gasteiger partial charge >= 0.3 is 5.97 Å². The van der Waals surface area contributed by atoms with Crippen LogP contribution >= 0.6 is 0 Å². The number of nitrogens with zero attached hydrogens (tertiary/aromatic N) is 1. The van der Waals surface area contributed by atoms with Gasteiger partial charge in [-0.1, -0.05) is 30.3 Å². The Hall–Kier alpha value is -1.35. The van der Waals surface area contributed by atoms with Crippen LogP contribution in [0.1, 0.15) is 46.6 Å². The van der Waals surface area contributed by atoms with Gasteiger partial charge in [-0.2, -0.15) is 0 Å². The third kappa shape index (κ3) is 3.19. The van der Waals surface area contributed by atoms with Crippen LogP contribution < -0.4 is 0 Å². The Labute approximate surface area is 134 Å². The number of carbonyl (C=O) groups excluding carboxylic acids is 1. The van der Waals surface area contributed by atoms with Crippen molar-refractivity contribution in [1.82, 2.24) is 4.90 Å². The summed E-state index contributed by atoms with van der Waals surface area (Å²) < 4.78 is 5.40. The minimum absolute atomic E-state index is 0.0568. The zero-order valence-corrected chi connectivity index (χ0v) is 14.5. The summed E-state index contributed by atoms with van der Waals surface area (Å²) in [5.41, 5.74) is 0.671. The molecule has 122 valence electrons. The Morgan fingerprint density at radius 1 is 1.23 bits per heavy atom. The third-order valence-corrected chi connectivity index (χ3v) is 4.79. The van der Waals surface area contributed by atoms with Gasteiger partial charge in [-0.25, -0.2) is 0 Å². The van der Waals surface area contributed by atoms with E-state index in [4.69, 9.17) is 4.74 Å². The molecule has 0 spiro atoms. The normalized spacial score (nSPS) is 24.1. The minimum Gasteiger partial charge on any atom is -0.465 e. The molecule has 3 heteroatoms. The summed E-state index contributed by atoms with van der Waals surface area (Å²) in [5, 5.41) is 0. The smallest absolute Gasteiger partial charge is 0.316 e. The predicted molar refractivity (Wildman–Crippen MR) is 89.8 cm³/mol. The molecule has 0 saturated heterocycles. The summed E-state index contributed by atoms with van der Waals surface area (Å²) in [6.07, 6.45) is 0.895. The number of benzene rings is 1. The van der Waals surface area contributed by atoms with Crippen molar-refractivity contribution in [3.8, 4) is 0 Å². The van der Waals surface area contributed by atoms with Crippen molar-refractivity contribution >= 4 is 5.97 Å². The lowest BCUT2D eigenvalue weighted by Crippen LogP contribution is -2.40. The van der Waals surface area contributed by atoms with Crippen molar-refractivity contribution in [2.45, 2.75) is 58.5 Å². The third-order valence-electron chi connectivity index (χ3n) is 4.79. The molecule has 2 atom stereocenters. The molecule has 0 radical (unpaired) electrons. The second-order valence-electron chi connectivity index (χ2n) is 6.84. The first-order valence-electron chi connectivity index (χ1n) is 8.42. The molecule has 2 rings (SSSR count). The highest BCUT2D eigenvalue weighted by molar-refractivity contribution is 5.87. The first-order chi connectivity index (χ1) is 10.4. The minimum atomic E-state index is -0.431. The molecule has 1 saturated carbocycles. The number of ether oxygens (including phenoxy) is 1. The van der Waals surface area contributed by atoms with Gasteiger partial charge in [0.1, 0.15) is 0 Å². The maximum Gasteiger partial charge on any atom is 0.316 e. The molecular weight excluding hydrogens is 274 g/mol. The number of carbonyl (C=O) groups is 1. The lowest BCUT2D eigenvalue weighted by Gasteiger charge is -2.31. The molecule has 0 heterocycles. The lowest BCUT2D eigenvalue weighted by molar-refractivity contribution is -0.146. The Morgan fingerprint density at radius 2 is 1.82 bits per heavy atom. The summed E-state index contributed by atoms with van der Waals surface area (Å²) in [7, 11) is 0. The van der Waals surface area contributed by atoms with Gasteiger partial charge in [0.05, 0.1) is 12.0 Å². The molecular formula is C19H29NO2. The van der Waals surface area contributed by atoms with Gasteiger partial charge in [0.25, 0.3) is 0 Å². The van der Waals surface area contributed by atoms with E-state index < -0.39 is 5.41 Å². The number of esters is 1. The maximum atomic E-state index is 12.6. The van der Waals surface area contributed by atoms with Gasteiger partial charge in [0.2, 0.25) is 0 Å². The molecule has 1 fully saturated rings. The second-order valence-corrected chi connectivity index (χ2v) is 6.84. The van der Waals surface area contributed by atoms with Gasteiger partial charge in [0.15, 0.2) is 0 Å². The molecule has 0 aromatic heterocycles. The van der Waals surface area contributed by atoms with Crippen LogP contribution in [0.3, 0.4) is 0 Å². The molecule has 0 aliphatic heterocycles. The molecule has 1 unspecified atom stereocenters. The molecule has 1 aromatic rings. The first kappa shape index (κ1) is 17.0. The van der Waals surface area contributed by atoms with Crippen LogP contribution in [-0.4, -0.2) is 36.1 Å². The summed E-state index contributed by atoms with van der Waals surface area (Å²) in [6.45, 7) is 12.1. The zero-order valence-electron chi connectivity index (χ0n) is 14.5. The van der Waals surface area contributed by atoms with Crippen LogP contribution in [0.2, 0.25) is 0 Å². The Bertz CT molecular complexity index is 489. The van der Waals surface area contributed by atoms with Crippen LogP contribution in [0.25, 0.3) is 0 Å². The monoisotopic (exact) mass is 303 g/mol. The number of rotatable bonds is 7. The van der Waals surface area contributed by atoms with Gasteiger partial charge < -0.3 is 4.74 Å². The Balaban J connectivity index is 2.22. The van der Waals surface area contributed by atoms with Gasteiger partial charge in [-0.05, 0) is 52.5 Å². The Morgan fingerprint density at radius 3 is 2.32 bits per heavy atom. The highest BCUT2D eigenvalue weighted by Gasteiger charge is 2.62. The topological polar surface area (TPSA) is 29.5 Å². The van der Waals surface area contributed by atoms with E-state index in [0.29, 0.717) is 24.6 Å². The van der Waals surface area contributed by atoms with Crippen molar-refractivity contribution in [2.75, 3.05) is 13.2 Å². The van der Waals surface area contributed by atoms with Crippen LogP contribution in [-0.2, 0) is 14.9 Å². The zero-order chi connectivity index (χ0) is 16.3. The average molecular weight is 303 g/mol. The van der Waals surface area contributed by atoms with Crippen molar-refractivity contribution in [2.24, 2.45) is 5.92 Å². The van der Waals surface area contributed by atoms with E-state index in [-0.39, 0.29) is 5.97 Å². The molecule has 0 bridgehead atoms. The Kier molecular flexibility index (Phi) is 5.28. The summed E-state index contributed by atoms with van der Waals surface area (Å²) in [4.78, 5) is 15.1. The molecule has 1 aliphatic carbocycles. The number of hydrogen-bond donors (Lipinski definition) is 0. The van der Waals surface area contributed by atoms with Crippen LogP contribution in [0.15, 0.2) is 30.3 Å². The molecule has 0 amide bonds. The van der Waals surface area contributed by atoms with Crippen LogP contribution in [0.4, 0.5) is 0 Å². The SMILES string of the molecule is CCOC(=O)[C@@]1(c2ccccc2)CC1CN(C(C)C)C(C)C. The number of hydrogen-bond acceptors (Lipinski definition) is 3. The van der Waals surface area contributed by atoms with Crippen molar-refractivity contribution < 1.29 is 9.53 Å².